The minimum Gasteiger partial charge on any atom is -0.355 e. The van der Waals surface area contributed by atoms with E-state index < -0.39 is 17.5 Å². The molecule has 3 heterocycles. The fourth-order valence-corrected chi connectivity index (χ4v) is 5.37. The zero-order valence-corrected chi connectivity index (χ0v) is 17.0. The smallest absolute Gasteiger partial charge is 0.355 e. The van der Waals surface area contributed by atoms with E-state index in [2.05, 4.69) is 23.6 Å². The number of nitrogens with zero attached hydrogens (tertiary/aromatic N) is 2. The van der Waals surface area contributed by atoms with E-state index in [1.54, 1.807) is 12.1 Å². The quantitative estimate of drug-likeness (QED) is 0.745. The van der Waals surface area contributed by atoms with Crippen molar-refractivity contribution in [2.24, 2.45) is 11.8 Å². The van der Waals surface area contributed by atoms with Gasteiger partial charge in [-0.15, -0.1) is 0 Å². The van der Waals surface area contributed by atoms with Gasteiger partial charge in [0.1, 0.15) is 5.72 Å². The molecule has 29 heavy (non-hydrogen) atoms. The fraction of sp³-hybridized carbons (Fsp3) is 0.682. The van der Waals surface area contributed by atoms with Gasteiger partial charge in [-0.2, -0.15) is 13.2 Å². The van der Waals surface area contributed by atoms with E-state index in [-0.39, 0.29) is 17.9 Å². The zero-order valence-electron chi connectivity index (χ0n) is 17.0. The monoisotopic (exact) mass is 410 g/mol. The molecule has 4 rings (SSSR count). The Morgan fingerprint density at radius 3 is 2.59 bits per heavy atom. The normalized spacial score (nSPS) is 31.0. The summed E-state index contributed by atoms with van der Waals surface area (Å²) >= 11 is 0. The Morgan fingerprint density at radius 1 is 1.21 bits per heavy atom. The van der Waals surface area contributed by atoms with E-state index in [9.17, 15) is 18.0 Å². The third kappa shape index (κ3) is 3.79. The van der Waals surface area contributed by atoms with Crippen molar-refractivity contribution in [2.75, 3.05) is 19.7 Å². The summed E-state index contributed by atoms with van der Waals surface area (Å²) in [5.41, 5.74) is -0.239. The van der Waals surface area contributed by atoms with Crippen LogP contribution in [0.3, 0.4) is 0 Å². The second-order valence-corrected chi connectivity index (χ2v) is 8.97. The molecule has 1 aromatic carbocycles. The average Bonchev–Trinajstić information content (AvgIpc) is 2.67. The summed E-state index contributed by atoms with van der Waals surface area (Å²) < 4.78 is 44.7. The lowest BCUT2D eigenvalue weighted by Gasteiger charge is -2.60. The number of benzene rings is 1. The molecule has 1 amide bonds. The molecule has 0 bridgehead atoms. The summed E-state index contributed by atoms with van der Waals surface area (Å²) in [4.78, 5) is 17.2. The predicted octanol–water partition coefficient (Wildman–Crippen LogP) is 4.29. The summed E-state index contributed by atoms with van der Waals surface area (Å²) in [7, 11) is 0. The van der Waals surface area contributed by atoms with Crippen molar-refractivity contribution in [2.45, 2.75) is 64.0 Å². The number of carbonyl (C=O) groups is 1. The van der Waals surface area contributed by atoms with E-state index in [0.29, 0.717) is 25.5 Å². The van der Waals surface area contributed by atoms with Gasteiger partial charge in [0.05, 0.1) is 12.2 Å². The van der Waals surface area contributed by atoms with Gasteiger partial charge < -0.3 is 9.64 Å². The predicted molar refractivity (Wildman–Crippen MR) is 103 cm³/mol. The first-order valence-electron chi connectivity index (χ1n) is 10.6. The molecule has 7 heteroatoms. The van der Waals surface area contributed by atoms with Crippen LogP contribution in [0.15, 0.2) is 24.3 Å². The van der Waals surface area contributed by atoms with Crippen LogP contribution in [-0.4, -0.2) is 47.2 Å². The number of halogens is 3. The maximum absolute atomic E-state index is 12.8. The van der Waals surface area contributed by atoms with Gasteiger partial charge in [0.2, 0.25) is 5.91 Å². The molecule has 1 spiro atoms. The summed E-state index contributed by atoms with van der Waals surface area (Å²) in [5, 5.41) is 0. The lowest BCUT2D eigenvalue weighted by molar-refractivity contribution is -0.264. The molecule has 1 aromatic rings. The van der Waals surface area contributed by atoms with Crippen LogP contribution in [-0.2, 0) is 22.3 Å². The molecule has 3 fully saturated rings. The van der Waals surface area contributed by atoms with Crippen LogP contribution in [0, 0.1) is 11.8 Å². The van der Waals surface area contributed by atoms with E-state index in [1.165, 1.54) is 0 Å². The highest BCUT2D eigenvalue weighted by Gasteiger charge is 2.56. The van der Waals surface area contributed by atoms with E-state index >= 15 is 0 Å². The minimum absolute atomic E-state index is 0.204. The summed E-state index contributed by atoms with van der Waals surface area (Å²) in [6.45, 7) is 7.21. The van der Waals surface area contributed by atoms with Crippen molar-refractivity contribution >= 4 is 5.91 Å². The van der Waals surface area contributed by atoms with Gasteiger partial charge in [-0.1, -0.05) is 26.0 Å². The number of amides is 1. The SMILES string of the molecule is CC(C)[C@H]1CCO[C@]23CCN(Cc4ccc(C(F)(F)F)cc4)C[C@H]2CCC(=O)N13. The van der Waals surface area contributed by atoms with Crippen molar-refractivity contribution in [3.63, 3.8) is 0 Å². The molecule has 0 radical (unpaired) electrons. The maximum Gasteiger partial charge on any atom is 0.416 e. The highest BCUT2D eigenvalue weighted by molar-refractivity contribution is 5.78. The highest BCUT2D eigenvalue weighted by atomic mass is 19.4. The third-order valence-corrected chi connectivity index (χ3v) is 6.84. The van der Waals surface area contributed by atoms with Crippen LogP contribution in [0.4, 0.5) is 13.2 Å². The molecule has 0 aliphatic carbocycles. The topological polar surface area (TPSA) is 32.8 Å². The molecule has 4 nitrogen and oxygen atoms in total. The van der Waals surface area contributed by atoms with E-state index in [4.69, 9.17) is 4.74 Å². The van der Waals surface area contributed by atoms with Gasteiger partial charge in [0, 0.05) is 44.4 Å². The third-order valence-electron chi connectivity index (χ3n) is 6.84. The standard InChI is InChI=1S/C22H29F3N2O2/c1-15(2)19-9-12-29-21-10-11-26(14-18(21)7-8-20(28)27(19)21)13-16-3-5-17(6-4-16)22(23,24)25/h3-6,15,18-19H,7-14H2,1-2H3/t18-,19-,21-/m1/s1. The number of rotatable bonds is 3. The number of piperidine rings is 2. The molecule has 0 unspecified atom stereocenters. The lowest BCUT2D eigenvalue weighted by Crippen LogP contribution is -2.71. The van der Waals surface area contributed by atoms with Crippen molar-refractivity contribution in [1.29, 1.82) is 0 Å². The minimum atomic E-state index is -4.31. The molecule has 0 N–H and O–H groups in total. The molecule has 0 saturated carbocycles. The number of alkyl halides is 3. The average molecular weight is 410 g/mol. The molecule has 0 aromatic heterocycles. The Morgan fingerprint density at radius 2 is 1.93 bits per heavy atom. The second kappa shape index (κ2) is 7.58. The lowest BCUT2D eigenvalue weighted by atomic mass is 9.76. The molecule has 160 valence electrons. The summed E-state index contributed by atoms with van der Waals surface area (Å²) in [5.74, 6) is 0.837. The Bertz CT molecular complexity index is 749. The Hall–Kier alpha value is -1.60. The maximum atomic E-state index is 12.8. The van der Waals surface area contributed by atoms with Gasteiger partial charge in [-0.3, -0.25) is 9.69 Å². The zero-order chi connectivity index (χ0) is 20.8. The first-order valence-corrected chi connectivity index (χ1v) is 10.6. The molecule has 3 aliphatic heterocycles. The van der Waals surface area contributed by atoms with Crippen molar-refractivity contribution < 1.29 is 22.7 Å². The van der Waals surface area contributed by atoms with Crippen LogP contribution in [0.2, 0.25) is 0 Å². The second-order valence-electron chi connectivity index (χ2n) is 8.97. The first kappa shape index (κ1) is 20.7. The van der Waals surface area contributed by atoms with Gasteiger partial charge >= 0.3 is 6.18 Å². The first-order chi connectivity index (χ1) is 13.7. The van der Waals surface area contributed by atoms with E-state index in [1.807, 2.05) is 0 Å². The Balaban J connectivity index is 1.48. The summed E-state index contributed by atoms with van der Waals surface area (Å²) in [6, 6.07) is 5.66. The van der Waals surface area contributed by atoms with Crippen LogP contribution in [0.25, 0.3) is 0 Å². The van der Waals surface area contributed by atoms with Crippen LogP contribution in [0.1, 0.15) is 50.7 Å². The van der Waals surface area contributed by atoms with Gasteiger partial charge in [-0.05, 0) is 36.5 Å². The number of hydrogen-bond donors (Lipinski definition) is 0. The van der Waals surface area contributed by atoms with Crippen LogP contribution >= 0.6 is 0 Å². The highest BCUT2D eigenvalue weighted by Crippen LogP contribution is 2.46. The Kier molecular flexibility index (Phi) is 5.40. The van der Waals surface area contributed by atoms with Gasteiger partial charge in [0.15, 0.2) is 0 Å². The fourth-order valence-electron chi connectivity index (χ4n) is 5.37. The van der Waals surface area contributed by atoms with Crippen LogP contribution < -0.4 is 0 Å². The number of likely N-dealkylation sites (tertiary alicyclic amines) is 1. The van der Waals surface area contributed by atoms with E-state index in [0.717, 1.165) is 50.0 Å². The summed E-state index contributed by atoms with van der Waals surface area (Å²) in [6.07, 6.45) is -1.31. The molecule has 3 saturated heterocycles. The number of hydrogen-bond acceptors (Lipinski definition) is 3. The molecule has 3 atom stereocenters. The van der Waals surface area contributed by atoms with Gasteiger partial charge in [0.25, 0.3) is 0 Å². The molecular weight excluding hydrogens is 381 g/mol. The van der Waals surface area contributed by atoms with Crippen LogP contribution in [0.5, 0.6) is 0 Å². The largest absolute Gasteiger partial charge is 0.416 e. The molecule has 3 aliphatic rings. The number of ether oxygens (including phenoxy) is 1. The molecular formula is C22H29F3N2O2. The number of carbonyl (C=O) groups excluding carboxylic acids is 1. The van der Waals surface area contributed by atoms with Gasteiger partial charge in [-0.25, -0.2) is 0 Å². The van der Waals surface area contributed by atoms with Crippen molar-refractivity contribution in [1.82, 2.24) is 9.80 Å². The van der Waals surface area contributed by atoms with Crippen molar-refractivity contribution in [3.8, 4) is 0 Å². The Labute approximate surface area is 170 Å². The van der Waals surface area contributed by atoms with Crippen molar-refractivity contribution in [3.05, 3.63) is 35.4 Å².